The van der Waals surface area contributed by atoms with Gasteiger partial charge in [0.1, 0.15) is 0 Å². The Bertz CT molecular complexity index is 682. The molecule has 0 radical (unpaired) electrons. The van der Waals surface area contributed by atoms with E-state index in [2.05, 4.69) is 10.9 Å². The van der Waals surface area contributed by atoms with Crippen molar-refractivity contribution in [3.63, 3.8) is 0 Å². The number of nitrogens with one attached hydrogen (secondary N) is 2. The van der Waals surface area contributed by atoms with E-state index in [0.29, 0.717) is 15.5 Å². The molecule has 0 atom stereocenters. The minimum Gasteiger partial charge on any atom is -0.267 e. The second-order valence-corrected chi connectivity index (χ2v) is 6.00. The third kappa shape index (κ3) is 3.62. The molecule has 21 heavy (non-hydrogen) atoms. The molecule has 110 valence electrons. The zero-order chi connectivity index (χ0) is 15.4. The van der Waals surface area contributed by atoms with Crippen molar-refractivity contribution in [1.29, 1.82) is 0 Å². The van der Waals surface area contributed by atoms with Crippen LogP contribution in [0, 0.1) is 6.92 Å². The van der Waals surface area contributed by atoms with Crippen LogP contribution in [-0.4, -0.2) is 11.8 Å². The summed E-state index contributed by atoms with van der Waals surface area (Å²) >= 11 is 7.35. The number of carbonyl (C=O) groups is 2. The van der Waals surface area contributed by atoms with Crippen LogP contribution in [0.5, 0.6) is 0 Å². The smallest absolute Gasteiger partial charge is 0.267 e. The number of amides is 2. The number of rotatable bonds is 3. The summed E-state index contributed by atoms with van der Waals surface area (Å²) < 4.78 is 0. The van der Waals surface area contributed by atoms with Gasteiger partial charge >= 0.3 is 0 Å². The van der Waals surface area contributed by atoms with E-state index in [1.165, 1.54) is 11.3 Å². The second kappa shape index (κ2) is 6.74. The summed E-state index contributed by atoms with van der Waals surface area (Å²) in [7, 11) is 0. The van der Waals surface area contributed by atoms with E-state index in [9.17, 15) is 9.59 Å². The SMILES string of the molecule is CCc1sc(C(=O)NNC(=O)c2ccccc2Cl)cc1C. The molecule has 4 nitrogen and oxygen atoms in total. The van der Waals surface area contributed by atoms with Gasteiger partial charge in [-0.15, -0.1) is 11.3 Å². The molecule has 1 aromatic heterocycles. The first-order valence-electron chi connectivity index (χ1n) is 6.47. The van der Waals surface area contributed by atoms with Gasteiger partial charge in [-0.2, -0.15) is 0 Å². The number of halogens is 1. The number of aryl methyl sites for hydroxylation is 2. The number of hydrogen-bond acceptors (Lipinski definition) is 3. The first kappa shape index (κ1) is 15.5. The molecule has 0 unspecified atom stereocenters. The van der Waals surface area contributed by atoms with Gasteiger partial charge in [-0.1, -0.05) is 30.7 Å². The van der Waals surface area contributed by atoms with Gasteiger partial charge in [0.15, 0.2) is 0 Å². The number of benzene rings is 1. The summed E-state index contributed by atoms with van der Waals surface area (Å²) in [6.07, 6.45) is 0.885. The molecule has 2 N–H and O–H groups in total. The molecule has 2 amide bonds. The third-order valence-electron chi connectivity index (χ3n) is 2.97. The maximum atomic E-state index is 12.0. The van der Waals surface area contributed by atoms with E-state index in [-0.39, 0.29) is 5.91 Å². The average molecular weight is 323 g/mol. The molecular weight excluding hydrogens is 308 g/mol. The third-order valence-corrected chi connectivity index (χ3v) is 4.68. The van der Waals surface area contributed by atoms with Gasteiger partial charge in [0.2, 0.25) is 0 Å². The van der Waals surface area contributed by atoms with Gasteiger partial charge in [0, 0.05) is 4.88 Å². The Morgan fingerprint density at radius 1 is 1.19 bits per heavy atom. The Hall–Kier alpha value is -1.85. The molecule has 0 aliphatic carbocycles. The van der Waals surface area contributed by atoms with Crippen LogP contribution in [-0.2, 0) is 6.42 Å². The lowest BCUT2D eigenvalue weighted by molar-refractivity contribution is 0.0849. The van der Waals surface area contributed by atoms with Crippen molar-refractivity contribution < 1.29 is 9.59 Å². The van der Waals surface area contributed by atoms with E-state index in [0.717, 1.165) is 16.9 Å². The molecule has 2 aromatic rings. The van der Waals surface area contributed by atoms with Crippen molar-refractivity contribution in [3.05, 3.63) is 56.2 Å². The van der Waals surface area contributed by atoms with Crippen LogP contribution < -0.4 is 10.9 Å². The monoisotopic (exact) mass is 322 g/mol. The van der Waals surface area contributed by atoms with E-state index < -0.39 is 5.91 Å². The average Bonchev–Trinajstić information content (AvgIpc) is 2.86. The number of hydrogen-bond donors (Lipinski definition) is 2. The highest BCUT2D eigenvalue weighted by Crippen LogP contribution is 2.22. The fourth-order valence-corrected chi connectivity index (χ4v) is 3.10. The van der Waals surface area contributed by atoms with Gasteiger partial charge in [0.05, 0.1) is 15.5 Å². The molecule has 1 aromatic carbocycles. The molecule has 0 saturated heterocycles. The zero-order valence-electron chi connectivity index (χ0n) is 11.7. The highest BCUT2D eigenvalue weighted by molar-refractivity contribution is 7.14. The van der Waals surface area contributed by atoms with Crippen molar-refractivity contribution in [2.24, 2.45) is 0 Å². The van der Waals surface area contributed by atoms with Crippen molar-refractivity contribution in [3.8, 4) is 0 Å². The Kier molecular flexibility index (Phi) is 4.98. The van der Waals surface area contributed by atoms with Gasteiger partial charge in [-0.25, -0.2) is 0 Å². The summed E-state index contributed by atoms with van der Waals surface area (Å²) in [6, 6.07) is 8.47. The zero-order valence-corrected chi connectivity index (χ0v) is 13.3. The number of hydrazine groups is 1. The predicted octanol–water partition coefficient (Wildman–Crippen LogP) is 3.35. The van der Waals surface area contributed by atoms with E-state index in [1.807, 2.05) is 19.9 Å². The summed E-state index contributed by atoms with van der Waals surface area (Å²) in [6.45, 7) is 4.01. The van der Waals surface area contributed by atoms with Gasteiger partial charge in [-0.05, 0) is 37.1 Å². The van der Waals surface area contributed by atoms with Crippen LogP contribution in [0.15, 0.2) is 30.3 Å². The van der Waals surface area contributed by atoms with Crippen molar-refractivity contribution in [2.75, 3.05) is 0 Å². The van der Waals surface area contributed by atoms with Crippen LogP contribution in [0.3, 0.4) is 0 Å². The maximum Gasteiger partial charge on any atom is 0.279 e. The Morgan fingerprint density at radius 2 is 1.86 bits per heavy atom. The predicted molar refractivity (Wildman–Crippen MR) is 84.8 cm³/mol. The fraction of sp³-hybridized carbons (Fsp3) is 0.200. The quantitative estimate of drug-likeness (QED) is 0.851. The highest BCUT2D eigenvalue weighted by atomic mass is 35.5. The topological polar surface area (TPSA) is 58.2 Å². The molecule has 0 aliphatic rings. The first-order chi connectivity index (χ1) is 10.0. The molecule has 0 bridgehead atoms. The van der Waals surface area contributed by atoms with Gasteiger partial charge in [0.25, 0.3) is 11.8 Å². The van der Waals surface area contributed by atoms with Crippen LogP contribution in [0.25, 0.3) is 0 Å². The van der Waals surface area contributed by atoms with Crippen LogP contribution in [0.2, 0.25) is 5.02 Å². The molecule has 0 saturated carbocycles. The standard InChI is InChI=1S/C15H15ClN2O2S/c1-3-12-9(2)8-13(21-12)15(20)18-17-14(19)10-6-4-5-7-11(10)16/h4-8H,3H2,1-2H3,(H,17,19)(H,18,20). The molecule has 0 aliphatic heterocycles. The molecular formula is C15H15ClN2O2S. The van der Waals surface area contributed by atoms with Crippen molar-refractivity contribution >= 4 is 34.8 Å². The van der Waals surface area contributed by atoms with Crippen LogP contribution in [0.1, 0.15) is 37.4 Å². The highest BCUT2D eigenvalue weighted by Gasteiger charge is 2.14. The summed E-state index contributed by atoms with van der Waals surface area (Å²) in [5, 5.41) is 0.337. The van der Waals surface area contributed by atoms with E-state index in [4.69, 9.17) is 11.6 Å². The Balaban J connectivity index is 2.01. The summed E-state index contributed by atoms with van der Waals surface area (Å²) in [4.78, 5) is 25.7. The second-order valence-electron chi connectivity index (χ2n) is 4.46. The number of carbonyl (C=O) groups excluding carboxylic acids is 2. The molecule has 0 fully saturated rings. The minimum atomic E-state index is -0.446. The van der Waals surface area contributed by atoms with E-state index in [1.54, 1.807) is 24.3 Å². The number of thiophene rings is 1. The Labute approximate surface area is 132 Å². The maximum absolute atomic E-state index is 12.0. The van der Waals surface area contributed by atoms with Crippen molar-refractivity contribution in [1.82, 2.24) is 10.9 Å². The minimum absolute atomic E-state index is 0.316. The fourth-order valence-electron chi connectivity index (χ4n) is 1.87. The van der Waals surface area contributed by atoms with Crippen LogP contribution in [0.4, 0.5) is 0 Å². The largest absolute Gasteiger partial charge is 0.279 e. The normalized spacial score (nSPS) is 10.2. The Morgan fingerprint density at radius 3 is 2.48 bits per heavy atom. The summed E-state index contributed by atoms with van der Waals surface area (Å²) in [5.74, 6) is -0.777. The molecule has 2 rings (SSSR count). The first-order valence-corrected chi connectivity index (χ1v) is 7.67. The summed E-state index contributed by atoms with van der Waals surface area (Å²) in [5.41, 5.74) is 6.17. The van der Waals surface area contributed by atoms with Crippen LogP contribution >= 0.6 is 22.9 Å². The molecule has 0 spiro atoms. The van der Waals surface area contributed by atoms with Gasteiger partial charge < -0.3 is 0 Å². The van der Waals surface area contributed by atoms with Gasteiger partial charge in [-0.3, -0.25) is 20.4 Å². The lowest BCUT2D eigenvalue weighted by atomic mass is 10.2. The van der Waals surface area contributed by atoms with E-state index >= 15 is 0 Å². The van der Waals surface area contributed by atoms with Crippen molar-refractivity contribution in [2.45, 2.75) is 20.3 Å². The molecule has 1 heterocycles. The lowest BCUT2D eigenvalue weighted by Crippen LogP contribution is -2.41. The lowest BCUT2D eigenvalue weighted by Gasteiger charge is -2.07. The molecule has 6 heteroatoms.